The monoisotopic (exact) mass is 151 g/mol. The molecule has 0 unspecified atom stereocenters. The van der Waals surface area contributed by atoms with Crippen molar-refractivity contribution in [1.29, 1.82) is 0 Å². The molecular weight excluding hydrogens is 138 g/mol. The van der Waals surface area contributed by atoms with Gasteiger partial charge in [-0.3, -0.25) is 0 Å². The van der Waals surface area contributed by atoms with Gasteiger partial charge in [0.15, 0.2) is 0 Å². The third kappa shape index (κ3) is 7.95. The van der Waals surface area contributed by atoms with Crippen LogP contribution in [0, 0.1) is 0 Å². The molecule has 0 aliphatic carbocycles. The topological polar surface area (TPSA) is 46.2 Å². The zero-order valence-electron chi connectivity index (χ0n) is 5.58. The summed E-state index contributed by atoms with van der Waals surface area (Å²) in [5.74, 6) is 0. The highest BCUT2D eigenvalue weighted by Crippen LogP contribution is 1.82. The van der Waals surface area contributed by atoms with Gasteiger partial charge in [-0.15, -0.1) is 12.4 Å². The highest BCUT2D eigenvalue weighted by molar-refractivity contribution is 5.85. The lowest BCUT2D eigenvalue weighted by atomic mass is 10.3. The SMILES string of the molecule is CC/C=C/[C@@H](N)CO.Cl. The van der Waals surface area contributed by atoms with E-state index >= 15 is 0 Å². The molecule has 0 radical (unpaired) electrons. The van der Waals surface area contributed by atoms with E-state index in [9.17, 15) is 0 Å². The molecule has 0 aromatic carbocycles. The molecule has 3 N–H and O–H groups in total. The summed E-state index contributed by atoms with van der Waals surface area (Å²) in [5, 5.41) is 8.39. The third-order valence-electron chi connectivity index (χ3n) is 0.830. The molecule has 0 spiro atoms. The first-order chi connectivity index (χ1) is 3.81. The fourth-order valence-corrected chi connectivity index (χ4v) is 0.372. The molecule has 0 bridgehead atoms. The Bertz CT molecular complexity index is 75.5. The minimum Gasteiger partial charge on any atom is -0.394 e. The number of hydrogen-bond acceptors (Lipinski definition) is 2. The molecule has 0 aromatic rings. The Morgan fingerprint density at radius 1 is 1.67 bits per heavy atom. The molecule has 0 rings (SSSR count). The molecule has 0 heterocycles. The van der Waals surface area contributed by atoms with E-state index < -0.39 is 0 Å². The van der Waals surface area contributed by atoms with Crippen LogP contribution in [-0.4, -0.2) is 17.8 Å². The normalized spacial score (nSPS) is 13.2. The molecule has 0 fully saturated rings. The van der Waals surface area contributed by atoms with Gasteiger partial charge in [-0.25, -0.2) is 0 Å². The summed E-state index contributed by atoms with van der Waals surface area (Å²) in [4.78, 5) is 0. The molecule has 9 heavy (non-hydrogen) atoms. The van der Waals surface area contributed by atoms with Gasteiger partial charge in [0.2, 0.25) is 0 Å². The van der Waals surface area contributed by atoms with Crippen LogP contribution < -0.4 is 5.73 Å². The molecule has 0 aliphatic rings. The van der Waals surface area contributed by atoms with Crippen molar-refractivity contribution in [3.05, 3.63) is 12.2 Å². The van der Waals surface area contributed by atoms with Crippen molar-refractivity contribution < 1.29 is 5.11 Å². The largest absolute Gasteiger partial charge is 0.394 e. The second-order valence-corrected chi connectivity index (χ2v) is 1.68. The lowest BCUT2D eigenvalue weighted by molar-refractivity contribution is 0.284. The maximum absolute atomic E-state index is 8.39. The van der Waals surface area contributed by atoms with Crippen LogP contribution >= 0.6 is 12.4 Å². The Hall–Kier alpha value is -0.0500. The first-order valence-electron chi connectivity index (χ1n) is 2.84. The van der Waals surface area contributed by atoms with E-state index in [1.54, 1.807) is 6.08 Å². The van der Waals surface area contributed by atoms with E-state index in [1.165, 1.54) is 0 Å². The fraction of sp³-hybridized carbons (Fsp3) is 0.667. The fourth-order valence-electron chi connectivity index (χ4n) is 0.372. The van der Waals surface area contributed by atoms with Gasteiger partial charge >= 0.3 is 0 Å². The number of hydrogen-bond donors (Lipinski definition) is 2. The van der Waals surface area contributed by atoms with E-state index in [4.69, 9.17) is 10.8 Å². The van der Waals surface area contributed by atoms with Crippen LogP contribution in [0.25, 0.3) is 0 Å². The Morgan fingerprint density at radius 2 is 2.22 bits per heavy atom. The second kappa shape index (κ2) is 7.95. The maximum Gasteiger partial charge on any atom is 0.0618 e. The molecule has 2 nitrogen and oxygen atoms in total. The van der Waals surface area contributed by atoms with Crippen molar-refractivity contribution in [3.8, 4) is 0 Å². The molecule has 0 saturated heterocycles. The van der Waals surface area contributed by atoms with Crippen molar-refractivity contribution >= 4 is 12.4 Å². The highest BCUT2D eigenvalue weighted by Gasteiger charge is 1.88. The van der Waals surface area contributed by atoms with Gasteiger partial charge in [0, 0.05) is 6.04 Å². The quantitative estimate of drug-likeness (QED) is 0.584. The summed E-state index contributed by atoms with van der Waals surface area (Å²) in [6.45, 7) is 2.07. The number of halogens is 1. The summed E-state index contributed by atoms with van der Waals surface area (Å²) in [5.41, 5.74) is 5.32. The first kappa shape index (κ1) is 11.7. The summed E-state index contributed by atoms with van der Waals surface area (Å²) in [7, 11) is 0. The van der Waals surface area contributed by atoms with Crippen LogP contribution in [0.2, 0.25) is 0 Å². The first-order valence-corrected chi connectivity index (χ1v) is 2.84. The predicted octanol–water partition coefficient (Wildman–Crippen LogP) is 0.694. The zero-order chi connectivity index (χ0) is 6.41. The highest BCUT2D eigenvalue weighted by atomic mass is 35.5. The number of allylic oxidation sites excluding steroid dienone is 1. The predicted molar refractivity (Wildman–Crippen MR) is 41.7 cm³/mol. The van der Waals surface area contributed by atoms with Gasteiger partial charge in [-0.2, -0.15) is 0 Å². The number of aliphatic hydroxyl groups excluding tert-OH is 1. The molecular formula is C6H14ClNO. The van der Waals surface area contributed by atoms with Crippen LogP contribution in [0.1, 0.15) is 13.3 Å². The van der Waals surface area contributed by atoms with Crippen LogP contribution in [0.4, 0.5) is 0 Å². The Morgan fingerprint density at radius 3 is 2.56 bits per heavy atom. The van der Waals surface area contributed by atoms with Crippen molar-refractivity contribution in [3.63, 3.8) is 0 Å². The van der Waals surface area contributed by atoms with Gasteiger partial charge in [-0.1, -0.05) is 19.1 Å². The van der Waals surface area contributed by atoms with Gasteiger partial charge in [0.05, 0.1) is 6.61 Å². The molecule has 1 atom stereocenters. The average molecular weight is 152 g/mol. The smallest absolute Gasteiger partial charge is 0.0618 e. The van der Waals surface area contributed by atoms with Crippen LogP contribution in [0.5, 0.6) is 0 Å². The summed E-state index contributed by atoms with van der Waals surface area (Å²) >= 11 is 0. The number of aliphatic hydroxyl groups is 1. The van der Waals surface area contributed by atoms with Crippen LogP contribution in [-0.2, 0) is 0 Å². The third-order valence-corrected chi connectivity index (χ3v) is 0.830. The Kier molecular flexibility index (Phi) is 10.3. The van der Waals surface area contributed by atoms with E-state index in [-0.39, 0.29) is 25.1 Å². The second-order valence-electron chi connectivity index (χ2n) is 1.68. The number of rotatable bonds is 3. The molecule has 0 aromatic heterocycles. The molecule has 0 saturated carbocycles. The van der Waals surface area contributed by atoms with Crippen molar-refractivity contribution in [2.45, 2.75) is 19.4 Å². The standard InChI is InChI=1S/C6H13NO.ClH/c1-2-3-4-6(7)5-8;/h3-4,6,8H,2,5,7H2,1H3;1H/b4-3+;/t6-;/m1./s1. The summed E-state index contributed by atoms with van der Waals surface area (Å²) in [6, 6.07) is -0.171. The Balaban J connectivity index is 0. The summed E-state index contributed by atoms with van der Waals surface area (Å²) < 4.78 is 0. The lowest BCUT2D eigenvalue weighted by Crippen LogP contribution is -2.20. The minimum atomic E-state index is -0.171. The van der Waals surface area contributed by atoms with Crippen LogP contribution in [0.3, 0.4) is 0 Å². The molecule has 3 heteroatoms. The van der Waals surface area contributed by atoms with Gasteiger partial charge in [0.1, 0.15) is 0 Å². The van der Waals surface area contributed by atoms with Gasteiger partial charge < -0.3 is 10.8 Å². The van der Waals surface area contributed by atoms with E-state index in [0.29, 0.717) is 0 Å². The van der Waals surface area contributed by atoms with E-state index in [2.05, 4.69) is 0 Å². The Labute approximate surface area is 62.2 Å². The van der Waals surface area contributed by atoms with Gasteiger partial charge in [0.25, 0.3) is 0 Å². The average Bonchev–Trinajstić information content (AvgIpc) is 1.83. The van der Waals surface area contributed by atoms with E-state index in [1.807, 2.05) is 13.0 Å². The molecule has 0 aliphatic heterocycles. The van der Waals surface area contributed by atoms with Gasteiger partial charge in [-0.05, 0) is 6.42 Å². The maximum atomic E-state index is 8.39. The lowest BCUT2D eigenvalue weighted by Gasteiger charge is -1.96. The van der Waals surface area contributed by atoms with Crippen molar-refractivity contribution in [2.24, 2.45) is 5.73 Å². The summed E-state index contributed by atoms with van der Waals surface area (Å²) in [6.07, 6.45) is 4.73. The minimum absolute atomic E-state index is 0. The molecule has 56 valence electrons. The molecule has 0 amide bonds. The van der Waals surface area contributed by atoms with Crippen LogP contribution in [0.15, 0.2) is 12.2 Å². The zero-order valence-corrected chi connectivity index (χ0v) is 6.40. The van der Waals surface area contributed by atoms with Crippen molar-refractivity contribution in [2.75, 3.05) is 6.61 Å². The van der Waals surface area contributed by atoms with E-state index in [0.717, 1.165) is 6.42 Å². The number of nitrogens with two attached hydrogens (primary N) is 1. The van der Waals surface area contributed by atoms with Crippen molar-refractivity contribution in [1.82, 2.24) is 0 Å².